The van der Waals surface area contributed by atoms with E-state index in [-0.39, 0.29) is 31.3 Å². The van der Waals surface area contributed by atoms with Gasteiger partial charge in [0.25, 0.3) is 0 Å². The van der Waals surface area contributed by atoms with Crippen LogP contribution in [-0.2, 0) is 14.3 Å². The van der Waals surface area contributed by atoms with Crippen LogP contribution >= 0.6 is 0 Å². The zero-order valence-electron chi connectivity index (χ0n) is 11.1. The number of carbonyl (C=O) groups excluding carboxylic acids is 2. The number of esters is 1. The third-order valence-electron chi connectivity index (χ3n) is 1.98. The summed E-state index contributed by atoms with van der Waals surface area (Å²) in [4.78, 5) is 24.6. The highest BCUT2D eigenvalue weighted by molar-refractivity contribution is 5.81. The van der Waals surface area contributed by atoms with Gasteiger partial charge in [-0.2, -0.15) is 0 Å². The largest absolute Gasteiger partial charge is 0.460 e. The zero-order valence-corrected chi connectivity index (χ0v) is 11.1. The summed E-state index contributed by atoms with van der Waals surface area (Å²) < 4.78 is 5.11. The van der Waals surface area contributed by atoms with Crippen LogP contribution in [-0.4, -0.2) is 35.5 Å². The van der Waals surface area contributed by atoms with Crippen molar-refractivity contribution in [3.63, 3.8) is 0 Å². The molecule has 0 spiro atoms. The summed E-state index contributed by atoms with van der Waals surface area (Å²) in [6.07, 6.45) is 5.38. The minimum atomic E-state index is -0.511. The highest BCUT2D eigenvalue weighted by Crippen LogP contribution is 2.09. The number of ether oxygens (including phenoxy) is 1. The molecule has 1 amide bonds. The molecule has 96 valence electrons. The molecule has 0 aromatic carbocycles. The summed E-state index contributed by atoms with van der Waals surface area (Å²) in [5, 5.41) is 0. The molecule has 0 radical (unpaired) electrons. The Bertz CT molecular complexity index is 310. The molecule has 0 aliphatic heterocycles. The molecule has 0 aromatic heterocycles. The van der Waals surface area contributed by atoms with Gasteiger partial charge < -0.3 is 9.64 Å². The quantitative estimate of drug-likeness (QED) is 0.540. The molecular formula is C13H21NO3. The van der Waals surface area contributed by atoms with Crippen LogP contribution in [0.1, 0.15) is 40.5 Å². The standard InChI is InChI=1S/C13H21NO3/c1-6-10-14(7-2)11(15)8-9-12(16)17-13(3,4)5/h1H,7-10H2,2-5H3. The van der Waals surface area contributed by atoms with Gasteiger partial charge in [-0.05, 0) is 27.7 Å². The first kappa shape index (κ1) is 15.5. The van der Waals surface area contributed by atoms with Crippen molar-refractivity contribution in [1.82, 2.24) is 4.90 Å². The Hall–Kier alpha value is -1.50. The van der Waals surface area contributed by atoms with Gasteiger partial charge in [-0.15, -0.1) is 6.42 Å². The van der Waals surface area contributed by atoms with E-state index in [1.54, 1.807) is 20.8 Å². The molecule has 4 heteroatoms. The van der Waals surface area contributed by atoms with Crippen molar-refractivity contribution < 1.29 is 14.3 Å². The van der Waals surface area contributed by atoms with Crippen LogP contribution < -0.4 is 0 Å². The molecular weight excluding hydrogens is 218 g/mol. The van der Waals surface area contributed by atoms with Crippen molar-refractivity contribution >= 4 is 11.9 Å². The van der Waals surface area contributed by atoms with Crippen molar-refractivity contribution in [3.05, 3.63) is 0 Å². The Morgan fingerprint density at radius 2 is 1.88 bits per heavy atom. The van der Waals surface area contributed by atoms with Gasteiger partial charge in [0.15, 0.2) is 0 Å². The average Bonchev–Trinajstić information content (AvgIpc) is 2.20. The Morgan fingerprint density at radius 1 is 1.29 bits per heavy atom. The first-order valence-electron chi connectivity index (χ1n) is 5.73. The van der Waals surface area contributed by atoms with E-state index in [0.717, 1.165) is 0 Å². The number of carbonyl (C=O) groups is 2. The van der Waals surface area contributed by atoms with Gasteiger partial charge >= 0.3 is 5.97 Å². The summed E-state index contributed by atoms with van der Waals surface area (Å²) in [5.74, 6) is 1.94. The average molecular weight is 239 g/mol. The summed E-state index contributed by atoms with van der Waals surface area (Å²) in [6.45, 7) is 8.07. The smallest absolute Gasteiger partial charge is 0.306 e. The maximum atomic E-state index is 11.7. The lowest BCUT2D eigenvalue weighted by atomic mass is 10.2. The van der Waals surface area contributed by atoms with Crippen molar-refractivity contribution in [2.24, 2.45) is 0 Å². The van der Waals surface area contributed by atoms with Crippen LogP contribution in [0.25, 0.3) is 0 Å². The van der Waals surface area contributed by atoms with Gasteiger partial charge in [-0.3, -0.25) is 9.59 Å². The fraction of sp³-hybridized carbons (Fsp3) is 0.692. The first-order valence-corrected chi connectivity index (χ1v) is 5.73. The first-order chi connectivity index (χ1) is 7.80. The minimum absolute atomic E-state index is 0.0944. The molecule has 0 bridgehead atoms. The molecule has 0 unspecified atom stereocenters. The lowest BCUT2D eigenvalue weighted by Crippen LogP contribution is -2.32. The lowest BCUT2D eigenvalue weighted by Gasteiger charge is -2.20. The molecule has 17 heavy (non-hydrogen) atoms. The van der Waals surface area contributed by atoms with E-state index < -0.39 is 5.60 Å². The SMILES string of the molecule is C#CCN(CC)C(=O)CCC(=O)OC(C)(C)C. The molecule has 4 nitrogen and oxygen atoms in total. The normalized spacial score (nSPS) is 10.5. The van der Waals surface area contributed by atoms with Gasteiger partial charge in [-0.25, -0.2) is 0 Å². The summed E-state index contributed by atoms with van der Waals surface area (Å²) in [7, 11) is 0. The third kappa shape index (κ3) is 7.40. The topological polar surface area (TPSA) is 46.6 Å². The molecule has 0 atom stereocenters. The minimum Gasteiger partial charge on any atom is -0.460 e. The number of hydrogen-bond acceptors (Lipinski definition) is 3. The van der Waals surface area contributed by atoms with Crippen molar-refractivity contribution in [3.8, 4) is 12.3 Å². The summed E-state index contributed by atoms with van der Waals surface area (Å²) in [5.41, 5.74) is -0.511. The van der Waals surface area contributed by atoms with Crippen molar-refractivity contribution in [1.29, 1.82) is 0 Å². The summed E-state index contributed by atoms with van der Waals surface area (Å²) >= 11 is 0. The Balaban J connectivity index is 4.07. The predicted molar refractivity (Wildman–Crippen MR) is 66.2 cm³/mol. The fourth-order valence-corrected chi connectivity index (χ4v) is 1.25. The Kier molecular flexibility index (Phi) is 6.34. The second-order valence-corrected chi connectivity index (χ2v) is 4.70. The van der Waals surface area contributed by atoms with Gasteiger partial charge in [0.2, 0.25) is 5.91 Å². The van der Waals surface area contributed by atoms with Crippen LogP contribution in [0, 0.1) is 12.3 Å². The Morgan fingerprint density at radius 3 is 2.29 bits per heavy atom. The van der Waals surface area contributed by atoms with E-state index in [2.05, 4.69) is 5.92 Å². The molecule has 0 saturated carbocycles. The lowest BCUT2D eigenvalue weighted by molar-refractivity contribution is -0.156. The highest BCUT2D eigenvalue weighted by Gasteiger charge is 2.18. The maximum absolute atomic E-state index is 11.7. The van der Waals surface area contributed by atoms with Gasteiger partial charge in [0, 0.05) is 13.0 Å². The van der Waals surface area contributed by atoms with Crippen LogP contribution in [0.4, 0.5) is 0 Å². The monoisotopic (exact) mass is 239 g/mol. The van der Waals surface area contributed by atoms with Crippen LogP contribution in [0.2, 0.25) is 0 Å². The molecule has 0 aliphatic carbocycles. The highest BCUT2D eigenvalue weighted by atomic mass is 16.6. The molecule has 0 heterocycles. The molecule has 0 rings (SSSR count). The second kappa shape index (κ2) is 6.95. The summed E-state index contributed by atoms with van der Waals surface area (Å²) in [6, 6.07) is 0. The molecule has 0 N–H and O–H groups in total. The number of terminal acetylenes is 1. The molecule has 0 aliphatic rings. The third-order valence-corrected chi connectivity index (χ3v) is 1.98. The van der Waals surface area contributed by atoms with Gasteiger partial charge in [0.1, 0.15) is 5.60 Å². The van der Waals surface area contributed by atoms with E-state index in [4.69, 9.17) is 11.2 Å². The fourth-order valence-electron chi connectivity index (χ4n) is 1.25. The number of hydrogen-bond donors (Lipinski definition) is 0. The van der Waals surface area contributed by atoms with Crippen molar-refractivity contribution in [2.45, 2.75) is 46.1 Å². The predicted octanol–water partition coefficient (Wildman–Crippen LogP) is 1.59. The number of amides is 1. The number of nitrogens with zero attached hydrogens (tertiary/aromatic N) is 1. The number of rotatable bonds is 5. The van der Waals surface area contributed by atoms with Gasteiger partial charge in [-0.1, -0.05) is 5.92 Å². The van der Waals surface area contributed by atoms with Crippen LogP contribution in [0.15, 0.2) is 0 Å². The van der Waals surface area contributed by atoms with Crippen molar-refractivity contribution in [2.75, 3.05) is 13.1 Å². The van der Waals surface area contributed by atoms with Crippen LogP contribution in [0.5, 0.6) is 0 Å². The van der Waals surface area contributed by atoms with E-state index in [1.807, 2.05) is 6.92 Å². The molecule has 0 aromatic rings. The van der Waals surface area contributed by atoms with E-state index >= 15 is 0 Å². The Labute approximate surface area is 103 Å². The second-order valence-electron chi connectivity index (χ2n) is 4.70. The van der Waals surface area contributed by atoms with E-state index in [0.29, 0.717) is 6.54 Å². The van der Waals surface area contributed by atoms with Crippen LogP contribution in [0.3, 0.4) is 0 Å². The molecule has 0 fully saturated rings. The maximum Gasteiger partial charge on any atom is 0.306 e. The molecule has 0 saturated heterocycles. The van der Waals surface area contributed by atoms with E-state index in [1.165, 1.54) is 4.90 Å². The van der Waals surface area contributed by atoms with E-state index in [9.17, 15) is 9.59 Å². The van der Waals surface area contributed by atoms with Gasteiger partial charge in [0.05, 0.1) is 13.0 Å². The zero-order chi connectivity index (χ0) is 13.5.